The van der Waals surface area contributed by atoms with Gasteiger partial charge in [-0.05, 0) is 48.9 Å². The van der Waals surface area contributed by atoms with Gasteiger partial charge in [-0.3, -0.25) is 19.5 Å². The van der Waals surface area contributed by atoms with Crippen LogP contribution in [0.5, 0.6) is 0 Å². The van der Waals surface area contributed by atoms with E-state index < -0.39 is 23.3 Å². The van der Waals surface area contributed by atoms with Gasteiger partial charge in [0.05, 0.1) is 6.10 Å². The highest BCUT2D eigenvalue weighted by molar-refractivity contribution is 7.81. The molecule has 1 aliphatic carbocycles. The largest absolute Gasteiger partial charge is 0.392 e. The van der Waals surface area contributed by atoms with Crippen molar-refractivity contribution in [2.45, 2.75) is 88.7 Å². The van der Waals surface area contributed by atoms with Crippen molar-refractivity contribution in [2.24, 2.45) is 0 Å². The summed E-state index contributed by atoms with van der Waals surface area (Å²) in [6.07, 6.45) is 7.49. The van der Waals surface area contributed by atoms with Crippen LogP contribution in [0, 0.1) is 0 Å². The summed E-state index contributed by atoms with van der Waals surface area (Å²) in [5.74, 6) is -0.686. The van der Waals surface area contributed by atoms with Crippen molar-refractivity contribution >= 4 is 30.1 Å². The molecule has 3 rings (SSSR count). The number of pyridine rings is 1. The Kier molecular flexibility index (Phi) is 8.77. The molecule has 0 bridgehead atoms. The van der Waals surface area contributed by atoms with Gasteiger partial charge in [0.2, 0.25) is 11.8 Å². The number of carbonyl (C=O) groups is 2. The third kappa shape index (κ3) is 6.39. The number of aromatic nitrogens is 1. The van der Waals surface area contributed by atoms with E-state index in [4.69, 9.17) is 0 Å². The van der Waals surface area contributed by atoms with Gasteiger partial charge < -0.3 is 10.4 Å². The molecule has 2 amide bonds. The summed E-state index contributed by atoms with van der Waals surface area (Å²) < 4.78 is 0. The van der Waals surface area contributed by atoms with Crippen molar-refractivity contribution in [1.29, 1.82) is 0 Å². The summed E-state index contributed by atoms with van der Waals surface area (Å²) in [6.45, 7) is 7.90. The van der Waals surface area contributed by atoms with E-state index in [-0.39, 0.29) is 17.4 Å². The lowest BCUT2D eigenvalue weighted by Gasteiger charge is -2.35. The first kappa shape index (κ1) is 26.2. The Balaban J connectivity index is 2.07. The first-order chi connectivity index (χ1) is 16.1. The average molecular weight is 484 g/mol. The molecule has 1 saturated carbocycles. The van der Waals surface area contributed by atoms with Gasteiger partial charge in [0.15, 0.2) is 0 Å². The summed E-state index contributed by atoms with van der Waals surface area (Å²) >= 11 is 4.39. The number of benzene rings is 1. The molecule has 2 aromatic rings. The number of anilines is 1. The van der Waals surface area contributed by atoms with E-state index in [1.807, 2.05) is 24.3 Å². The summed E-state index contributed by atoms with van der Waals surface area (Å²) in [7, 11) is 0. The molecule has 2 N–H and O–H groups in total. The zero-order valence-corrected chi connectivity index (χ0v) is 21.5. The SMILES string of the molecule is C[C@@H](O)[C@H](S)C(=O)N(c1ccc(C(C)(C)C)cc1)[C@@H](C(=O)NC1CCCCC1)c1cccnc1. The van der Waals surface area contributed by atoms with Crippen molar-refractivity contribution in [2.75, 3.05) is 4.90 Å². The lowest BCUT2D eigenvalue weighted by molar-refractivity contribution is -0.127. The Morgan fingerprint density at radius 2 is 1.76 bits per heavy atom. The van der Waals surface area contributed by atoms with Crippen LogP contribution >= 0.6 is 12.6 Å². The Hall–Kier alpha value is -2.38. The van der Waals surface area contributed by atoms with Crippen LogP contribution in [0.4, 0.5) is 5.69 Å². The van der Waals surface area contributed by atoms with E-state index in [1.165, 1.54) is 18.2 Å². The van der Waals surface area contributed by atoms with E-state index in [2.05, 4.69) is 43.7 Å². The number of rotatable bonds is 7. The van der Waals surface area contributed by atoms with Gasteiger partial charge >= 0.3 is 0 Å². The second-order valence-electron chi connectivity index (χ2n) is 10.2. The van der Waals surface area contributed by atoms with Crippen LogP contribution in [0.1, 0.15) is 77.0 Å². The van der Waals surface area contributed by atoms with Crippen LogP contribution in [0.15, 0.2) is 48.8 Å². The predicted octanol–water partition coefficient (Wildman–Crippen LogP) is 4.58. The Labute approximate surface area is 208 Å². The van der Waals surface area contributed by atoms with Gasteiger partial charge in [-0.2, -0.15) is 12.6 Å². The molecule has 0 radical (unpaired) electrons. The van der Waals surface area contributed by atoms with E-state index in [1.54, 1.807) is 24.5 Å². The van der Waals surface area contributed by atoms with E-state index >= 15 is 0 Å². The normalized spacial score (nSPS) is 17.5. The molecule has 0 saturated heterocycles. The topological polar surface area (TPSA) is 82.5 Å². The standard InChI is InChI=1S/C27H37N3O3S/c1-18(31)24(34)26(33)30(22-14-12-20(13-15-22)27(2,3)4)23(19-9-8-16-28-17-19)25(32)29-21-10-6-5-7-11-21/h8-9,12-18,21,23-24,31,34H,5-7,10-11H2,1-4H3,(H,29,32)/t18-,23-,24+/m1/s1. The molecule has 184 valence electrons. The number of aliphatic hydroxyl groups is 1. The fourth-order valence-corrected chi connectivity index (χ4v) is 4.48. The van der Waals surface area contributed by atoms with Crippen LogP contribution < -0.4 is 10.2 Å². The molecule has 0 unspecified atom stereocenters. The number of thiol groups is 1. The highest BCUT2D eigenvalue weighted by Gasteiger charge is 2.37. The van der Waals surface area contributed by atoms with Crippen LogP contribution in [-0.4, -0.2) is 39.3 Å². The second kappa shape index (κ2) is 11.4. The van der Waals surface area contributed by atoms with E-state index in [0.717, 1.165) is 31.2 Å². The fraction of sp³-hybridized carbons (Fsp3) is 0.519. The highest BCUT2D eigenvalue weighted by Crippen LogP contribution is 2.32. The minimum atomic E-state index is -0.983. The first-order valence-electron chi connectivity index (χ1n) is 12.1. The molecule has 1 aromatic heterocycles. The first-order valence-corrected chi connectivity index (χ1v) is 12.6. The minimum absolute atomic E-state index is 0.0554. The average Bonchev–Trinajstić information content (AvgIpc) is 2.82. The molecular weight excluding hydrogens is 446 g/mol. The van der Waals surface area contributed by atoms with Crippen molar-refractivity contribution in [3.63, 3.8) is 0 Å². The molecule has 1 aromatic carbocycles. The van der Waals surface area contributed by atoms with Gasteiger partial charge in [-0.15, -0.1) is 0 Å². The molecule has 0 aliphatic heterocycles. The molecule has 3 atom stereocenters. The number of carbonyl (C=O) groups excluding carboxylic acids is 2. The van der Waals surface area contributed by atoms with Crippen molar-refractivity contribution < 1.29 is 14.7 Å². The highest BCUT2D eigenvalue weighted by atomic mass is 32.1. The maximum absolute atomic E-state index is 13.7. The molecule has 1 fully saturated rings. The van der Waals surface area contributed by atoms with Crippen molar-refractivity contribution in [3.8, 4) is 0 Å². The smallest absolute Gasteiger partial charge is 0.248 e. The molecule has 1 heterocycles. The Morgan fingerprint density at radius 1 is 1.12 bits per heavy atom. The number of hydrogen-bond acceptors (Lipinski definition) is 5. The zero-order chi connectivity index (χ0) is 24.9. The van der Waals surface area contributed by atoms with Crippen LogP contribution in [-0.2, 0) is 15.0 Å². The molecule has 6 nitrogen and oxygen atoms in total. The van der Waals surface area contributed by atoms with Crippen LogP contribution in [0.2, 0.25) is 0 Å². The Morgan fingerprint density at radius 3 is 2.29 bits per heavy atom. The third-order valence-corrected chi connectivity index (χ3v) is 7.07. The van der Waals surface area contributed by atoms with Gasteiger partial charge in [0.1, 0.15) is 11.3 Å². The quantitative estimate of drug-likeness (QED) is 0.504. The van der Waals surface area contributed by atoms with E-state index in [0.29, 0.717) is 11.3 Å². The monoisotopic (exact) mass is 483 g/mol. The van der Waals surface area contributed by atoms with Crippen molar-refractivity contribution in [3.05, 3.63) is 59.9 Å². The summed E-state index contributed by atoms with van der Waals surface area (Å²) in [4.78, 5) is 33.1. The molecule has 7 heteroatoms. The van der Waals surface area contributed by atoms with Crippen LogP contribution in [0.25, 0.3) is 0 Å². The fourth-order valence-electron chi connectivity index (χ4n) is 4.36. The second-order valence-corrected chi connectivity index (χ2v) is 10.8. The third-order valence-electron chi connectivity index (χ3n) is 6.42. The number of nitrogens with zero attached hydrogens (tertiary/aromatic N) is 2. The van der Waals surface area contributed by atoms with Gasteiger partial charge in [0.25, 0.3) is 0 Å². The predicted molar refractivity (Wildman–Crippen MR) is 139 cm³/mol. The van der Waals surface area contributed by atoms with Crippen LogP contribution in [0.3, 0.4) is 0 Å². The summed E-state index contributed by atoms with van der Waals surface area (Å²) in [5.41, 5.74) is 2.24. The zero-order valence-electron chi connectivity index (χ0n) is 20.6. The van der Waals surface area contributed by atoms with Crippen molar-refractivity contribution in [1.82, 2.24) is 10.3 Å². The molecule has 0 spiro atoms. The van der Waals surface area contributed by atoms with Gasteiger partial charge in [-0.1, -0.05) is 58.2 Å². The van der Waals surface area contributed by atoms with Gasteiger partial charge in [0, 0.05) is 29.7 Å². The lowest BCUT2D eigenvalue weighted by Crippen LogP contribution is -2.50. The van der Waals surface area contributed by atoms with Gasteiger partial charge in [-0.25, -0.2) is 0 Å². The number of aliphatic hydroxyl groups excluding tert-OH is 1. The lowest BCUT2D eigenvalue weighted by atomic mass is 9.87. The molecule has 34 heavy (non-hydrogen) atoms. The number of nitrogens with one attached hydrogen (secondary N) is 1. The van der Waals surface area contributed by atoms with E-state index in [9.17, 15) is 14.7 Å². The summed E-state index contributed by atoms with van der Waals surface area (Å²) in [5, 5.41) is 12.3. The molecule has 1 aliphatic rings. The Bertz CT molecular complexity index is 951. The summed E-state index contributed by atoms with van der Waals surface area (Å²) in [6, 6.07) is 10.4. The maximum atomic E-state index is 13.7. The molecular formula is C27H37N3O3S. The minimum Gasteiger partial charge on any atom is -0.392 e. The maximum Gasteiger partial charge on any atom is 0.248 e. The number of amides is 2. The number of hydrogen-bond donors (Lipinski definition) is 3.